The summed E-state index contributed by atoms with van der Waals surface area (Å²) < 4.78 is 1.60. The summed E-state index contributed by atoms with van der Waals surface area (Å²) in [6.45, 7) is 0.415. The van der Waals surface area contributed by atoms with Gasteiger partial charge in [0.25, 0.3) is 0 Å². The quantitative estimate of drug-likeness (QED) is 0.802. The summed E-state index contributed by atoms with van der Waals surface area (Å²) in [5.41, 5.74) is 0.650. The van der Waals surface area contributed by atoms with Gasteiger partial charge in [0.15, 0.2) is 5.82 Å². The van der Waals surface area contributed by atoms with Crippen LogP contribution in [0.1, 0.15) is 21.7 Å². The van der Waals surface area contributed by atoms with E-state index in [2.05, 4.69) is 15.4 Å². The van der Waals surface area contributed by atoms with E-state index in [0.29, 0.717) is 24.4 Å². The second kappa shape index (κ2) is 6.65. The number of nitrogens with one attached hydrogen (secondary N) is 1. The number of carboxylic acid groups (broad SMARTS) is 1. The van der Waals surface area contributed by atoms with Crippen LogP contribution in [0.4, 0.5) is 0 Å². The van der Waals surface area contributed by atoms with Crippen LogP contribution in [0.5, 0.6) is 0 Å². The van der Waals surface area contributed by atoms with Gasteiger partial charge in [-0.05, 0) is 11.6 Å². The summed E-state index contributed by atoms with van der Waals surface area (Å²) in [7, 11) is 1.78. The van der Waals surface area contributed by atoms with Crippen molar-refractivity contribution in [2.45, 2.75) is 12.8 Å². The van der Waals surface area contributed by atoms with E-state index in [9.17, 15) is 9.59 Å². The predicted molar refractivity (Wildman–Crippen MR) is 74.8 cm³/mol. The van der Waals surface area contributed by atoms with Crippen molar-refractivity contribution in [3.63, 3.8) is 0 Å². The zero-order valence-electron chi connectivity index (χ0n) is 11.6. The molecule has 110 valence electrons. The minimum absolute atomic E-state index is 0.0398. The number of nitrogens with zero attached hydrogens (tertiary/aromatic N) is 3. The molecule has 2 N–H and O–H groups in total. The van der Waals surface area contributed by atoms with E-state index in [0.717, 1.165) is 0 Å². The Labute approximate surface area is 121 Å². The maximum Gasteiger partial charge on any atom is 0.335 e. The number of rotatable bonds is 6. The fourth-order valence-electron chi connectivity index (χ4n) is 1.93. The molecule has 2 rings (SSSR count). The van der Waals surface area contributed by atoms with Gasteiger partial charge in [0.2, 0.25) is 5.91 Å². The largest absolute Gasteiger partial charge is 0.478 e. The van der Waals surface area contributed by atoms with Gasteiger partial charge in [-0.25, -0.2) is 9.78 Å². The molecule has 0 aliphatic heterocycles. The summed E-state index contributed by atoms with van der Waals surface area (Å²) in [4.78, 5) is 26.9. The van der Waals surface area contributed by atoms with E-state index in [1.165, 1.54) is 6.07 Å². The highest BCUT2D eigenvalue weighted by Gasteiger charge is 2.12. The average molecular weight is 288 g/mol. The fourth-order valence-corrected chi connectivity index (χ4v) is 1.93. The molecule has 7 heteroatoms. The van der Waals surface area contributed by atoms with Gasteiger partial charge in [0.1, 0.15) is 6.33 Å². The second-order valence-corrected chi connectivity index (χ2v) is 4.57. The van der Waals surface area contributed by atoms with Crippen LogP contribution < -0.4 is 5.32 Å². The van der Waals surface area contributed by atoms with E-state index in [1.54, 1.807) is 36.3 Å². The molecular weight excluding hydrogens is 272 g/mol. The normalized spacial score (nSPS) is 10.3. The van der Waals surface area contributed by atoms with E-state index < -0.39 is 5.97 Å². The number of carbonyl (C=O) groups is 2. The second-order valence-electron chi connectivity index (χ2n) is 4.57. The van der Waals surface area contributed by atoms with Gasteiger partial charge in [0, 0.05) is 20.0 Å². The Morgan fingerprint density at radius 3 is 2.76 bits per heavy atom. The van der Waals surface area contributed by atoms with Gasteiger partial charge in [-0.1, -0.05) is 18.2 Å². The Morgan fingerprint density at radius 1 is 1.33 bits per heavy atom. The highest BCUT2D eigenvalue weighted by Crippen LogP contribution is 2.09. The molecule has 0 saturated heterocycles. The molecule has 0 radical (unpaired) electrons. The van der Waals surface area contributed by atoms with Gasteiger partial charge in [-0.3, -0.25) is 9.48 Å². The molecule has 0 bridgehead atoms. The standard InChI is InChI=1S/C14H16N4O3/c1-18-9-16-12(17-18)6-7-15-13(19)8-10-4-2-3-5-11(10)14(20)21/h2-5,9H,6-8H2,1H3,(H,15,19)(H,20,21). The van der Waals surface area contributed by atoms with Crippen LogP contribution in [0.25, 0.3) is 0 Å². The fraction of sp³-hybridized carbons (Fsp3) is 0.286. The third kappa shape index (κ3) is 4.13. The molecule has 0 aliphatic carbocycles. The number of aromatic nitrogens is 3. The predicted octanol–water partition coefficient (Wildman–Crippen LogP) is 0.415. The molecular formula is C14H16N4O3. The van der Waals surface area contributed by atoms with Crippen molar-refractivity contribution in [2.75, 3.05) is 6.54 Å². The number of aryl methyl sites for hydroxylation is 1. The molecule has 0 saturated carbocycles. The van der Waals surface area contributed by atoms with Crippen molar-refractivity contribution in [3.8, 4) is 0 Å². The zero-order chi connectivity index (χ0) is 15.2. The van der Waals surface area contributed by atoms with Crippen molar-refractivity contribution < 1.29 is 14.7 Å². The average Bonchev–Trinajstić information content (AvgIpc) is 2.85. The zero-order valence-corrected chi connectivity index (χ0v) is 11.6. The van der Waals surface area contributed by atoms with Crippen molar-refractivity contribution in [3.05, 3.63) is 47.5 Å². The lowest BCUT2D eigenvalue weighted by molar-refractivity contribution is -0.120. The van der Waals surface area contributed by atoms with Gasteiger partial charge in [-0.2, -0.15) is 5.10 Å². The number of hydrogen-bond donors (Lipinski definition) is 2. The lowest BCUT2D eigenvalue weighted by Gasteiger charge is -2.06. The molecule has 1 amide bonds. The van der Waals surface area contributed by atoms with Crippen LogP contribution in [-0.2, 0) is 24.7 Å². The molecule has 1 aromatic heterocycles. The Bertz CT molecular complexity index is 651. The first-order valence-corrected chi connectivity index (χ1v) is 6.48. The van der Waals surface area contributed by atoms with Gasteiger partial charge in [-0.15, -0.1) is 0 Å². The number of hydrogen-bond acceptors (Lipinski definition) is 4. The first-order chi connectivity index (χ1) is 10.1. The van der Waals surface area contributed by atoms with Gasteiger partial charge < -0.3 is 10.4 Å². The Balaban J connectivity index is 1.86. The molecule has 0 unspecified atom stereocenters. The summed E-state index contributed by atoms with van der Waals surface area (Å²) in [6, 6.07) is 6.48. The van der Waals surface area contributed by atoms with Crippen LogP contribution in [-0.4, -0.2) is 38.3 Å². The maximum atomic E-state index is 11.8. The number of amides is 1. The van der Waals surface area contributed by atoms with E-state index in [1.807, 2.05) is 0 Å². The van der Waals surface area contributed by atoms with Crippen LogP contribution >= 0.6 is 0 Å². The molecule has 2 aromatic rings. The first kappa shape index (κ1) is 14.7. The topological polar surface area (TPSA) is 97.1 Å². The number of carboxylic acids is 1. The van der Waals surface area contributed by atoms with Gasteiger partial charge in [0.05, 0.1) is 12.0 Å². The van der Waals surface area contributed by atoms with Crippen LogP contribution in [0, 0.1) is 0 Å². The minimum Gasteiger partial charge on any atom is -0.478 e. The number of carbonyl (C=O) groups excluding carboxylic acids is 1. The molecule has 0 spiro atoms. The first-order valence-electron chi connectivity index (χ1n) is 6.48. The molecule has 21 heavy (non-hydrogen) atoms. The highest BCUT2D eigenvalue weighted by atomic mass is 16.4. The van der Waals surface area contributed by atoms with Crippen LogP contribution in [0.3, 0.4) is 0 Å². The molecule has 1 heterocycles. The summed E-state index contributed by atoms with van der Waals surface area (Å²) in [5, 5.41) is 15.9. The monoisotopic (exact) mass is 288 g/mol. The molecule has 0 aliphatic rings. The number of aromatic carboxylic acids is 1. The Kier molecular flexibility index (Phi) is 4.65. The van der Waals surface area contributed by atoms with Crippen molar-refractivity contribution in [1.82, 2.24) is 20.1 Å². The van der Waals surface area contributed by atoms with E-state index >= 15 is 0 Å². The lowest BCUT2D eigenvalue weighted by Crippen LogP contribution is -2.28. The van der Waals surface area contributed by atoms with Crippen molar-refractivity contribution >= 4 is 11.9 Å². The number of benzene rings is 1. The Morgan fingerprint density at radius 2 is 2.10 bits per heavy atom. The lowest BCUT2D eigenvalue weighted by atomic mass is 10.0. The molecule has 0 fully saturated rings. The minimum atomic E-state index is -1.03. The summed E-state index contributed by atoms with van der Waals surface area (Å²) in [6.07, 6.45) is 2.17. The van der Waals surface area contributed by atoms with Gasteiger partial charge >= 0.3 is 5.97 Å². The molecule has 7 nitrogen and oxygen atoms in total. The smallest absolute Gasteiger partial charge is 0.335 e. The summed E-state index contributed by atoms with van der Waals surface area (Å²) >= 11 is 0. The molecule has 1 aromatic carbocycles. The Hall–Kier alpha value is -2.70. The van der Waals surface area contributed by atoms with Crippen molar-refractivity contribution in [1.29, 1.82) is 0 Å². The van der Waals surface area contributed by atoms with Crippen molar-refractivity contribution in [2.24, 2.45) is 7.05 Å². The van der Waals surface area contributed by atoms with E-state index in [4.69, 9.17) is 5.11 Å². The maximum absolute atomic E-state index is 11.8. The third-order valence-corrected chi connectivity index (χ3v) is 2.92. The SMILES string of the molecule is Cn1cnc(CCNC(=O)Cc2ccccc2C(=O)O)n1. The molecule has 0 atom stereocenters. The van der Waals surface area contributed by atoms with E-state index in [-0.39, 0.29) is 17.9 Å². The van der Waals surface area contributed by atoms with Crippen LogP contribution in [0.15, 0.2) is 30.6 Å². The summed E-state index contributed by atoms with van der Waals surface area (Å²) in [5.74, 6) is -0.598. The highest BCUT2D eigenvalue weighted by molar-refractivity contribution is 5.91. The third-order valence-electron chi connectivity index (χ3n) is 2.92. The van der Waals surface area contributed by atoms with Crippen LogP contribution in [0.2, 0.25) is 0 Å².